The summed E-state index contributed by atoms with van der Waals surface area (Å²) in [4.78, 5) is 15.9. The molecular formula is C24H30N8O. The first-order chi connectivity index (χ1) is 16.0. The number of likely N-dealkylation sites (N-methyl/N-ethyl adjacent to an activating group) is 1. The maximum atomic E-state index is 5.86. The van der Waals surface area contributed by atoms with Gasteiger partial charge >= 0.3 is 0 Å². The zero-order chi connectivity index (χ0) is 23.2. The number of anilines is 2. The van der Waals surface area contributed by atoms with Crippen LogP contribution in [-0.2, 0) is 4.74 Å². The van der Waals surface area contributed by atoms with Crippen molar-refractivity contribution in [1.82, 2.24) is 25.1 Å². The van der Waals surface area contributed by atoms with E-state index in [1.807, 2.05) is 24.3 Å². The molecule has 0 atom stereocenters. The molecule has 3 aromatic heterocycles. The van der Waals surface area contributed by atoms with Gasteiger partial charge in [-0.1, -0.05) is 13.8 Å². The summed E-state index contributed by atoms with van der Waals surface area (Å²) in [5, 5.41) is 11.5. The molecule has 1 saturated heterocycles. The van der Waals surface area contributed by atoms with Crippen molar-refractivity contribution in [2.75, 3.05) is 38.6 Å². The van der Waals surface area contributed by atoms with Crippen LogP contribution >= 0.6 is 0 Å². The van der Waals surface area contributed by atoms with E-state index in [4.69, 9.17) is 15.5 Å². The van der Waals surface area contributed by atoms with Gasteiger partial charge in [0, 0.05) is 42.8 Å². The Bertz CT molecular complexity index is 1150. The lowest BCUT2D eigenvalue weighted by Crippen LogP contribution is -2.49. The van der Waals surface area contributed by atoms with E-state index in [0.717, 1.165) is 40.8 Å². The molecule has 1 aliphatic rings. The maximum absolute atomic E-state index is 5.86. The van der Waals surface area contributed by atoms with Crippen LogP contribution in [0, 0.1) is 0 Å². The van der Waals surface area contributed by atoms with E-state index in [9.17, 15) is 0 Å². The van der Waals surface area contributed by atoms with Crippen LogP contribution in [0.3, 0.4) is 0 Å². The molecule has 0 aliphatic carbocycles. The third-order valence-corrected chi connectivity index (χ3v) is 5.48. The Kier molecular flexibility index (Phi) is 7.21. The monoisotopic (exact) mass is 446 g/mol. The summed E-state index contributed by atoms with van der Waals surface area (Å²) in [6, 6.07) is 7.73. The van der Waals surface area contributed by atoms with Crippen molar-refractivity contribution in [2.45, 2.75) is 25.9 Å². The van der Waals surface area contributed by atoms with E-state index in [2.05, 4.69) is 51.3 Å². The van der Waals surface area contributed by atoms with Gasteiger partial charge in [-0.2, -0.15) is 5.10 Å². The summed E-state index contributed by atoms with van der Waals surface area (Å²) >= 11 is 0. The van der Waals surface area contributed by atoms with Crippen LogP contribution < -0.4 is 11.1 Å². The second-order valence-corrected chi connectivity index (χ2v) is 8.48. The topological polar surface area (TPSA) is 114 Å². The predicted octanol–water partition coefficient (Wildman–Crippen LogP) is 2.99. The SMILES string of the molecule is CC(C)c1cnnc(Nc2ccc3ncc(C(C=NCCOC4CN(C)C4)=CN)cc3n2)c1. The van der Waals surface area contributed by atoms with Crippen molar-refractivity contribution in [3.05, 3.63) is 54.0 Å². The van der Waals surface area contributed by atoms with Gasteiger partial charge in [0.15, 0.2) is 5.82 Å². The minimum absolute atomic E-state index is 0.326. The summed E-state index contributed by atoms with van der Waals surface area (Å²) in [6.45, 7) is 7.39. The van der Waals surface area contributed by atoms with Crippen molar-refractivity contribution in [1.29, 1.82) is 0 Å². The van der Waals surface area contributed by atoms with Crippen LogP contribution in [0.5, 0.6) is 0 Å². The van der Waals surface area contributed by atoms with Gasteiger partial charge in [0.05, 0.1) is 36.5 Å². The second kappa shape index (κ2) is 10.5. The number of allylic oxidation sites excluding steroid dienone is 1. The molecule has 3 N–H and O–H groups in total. The van der Waals surface area contributed by atoms with Crippen LogP contribution in [0.25, 0.3) is 16.6 Å². The minimum Gasteiger partial charge on any atom is -0.404 e. The van der Waals surface area contributed by atoms with E-state index >= 15 is 0 Å². The average Bonchev–Trinajstić information content (AvgIpc) is 2.79. The maximum Gasteiger partial charge on any atom is 0.154 e. The van der Waals surface area contributed by atoms with E-state index in [0.29, 0.717) is 36.8 Å². The summed E-state index contributed by atoms with van der Waals surface area (Å²) < 4.78 is 5.76. The molecule has 4 rings (SSSR count). The van der Waals surface area contributed by atoms with E-state index in [1.54, 1.807) is 18.6 Å². The van der Waals surface area contributed by atoms with Gasteiger partial charge < -0.3 is 20.7 Å². The fraction of sp³-hybridized carbons (Fsp3) is 0.375. The van der Waals surface area contributed by atoms with Gasteiger partial charge in [0.1, 0.15) is 5.82 Å². The molecule has 0 saturated carbocycles. The molecule has 172 valence electrons. The number of nitrogens with one attached hydrogen (secondary N) is 1. The summed E-state index contributed by atoms with van der Waals surface area (Å²) in [5.74, 6) is 1.69. The fourth-order valence-corrected chi connectivity index (χ4v) is 3.52. The number of pyridine rings is 2. The molecule has 1 aliphatic heterocycles. The van der Waals surface area contributed by atoms with Crippen LogP contribution in [0.2, 0.25) is 0 Å². The first kappa shape index (κ1) is 22.8. The van der Waals surface area contributed by atoms with E-state index in [-0.39, 0.29) is 0 Å². The lowest BCUT2D eigenvalue weighted by Gasteiger charge is -2.35. The molecule has 0 radical (unpaired) electrons. The van der Waals surface area contributed by atoms with Crippen LogP contribution in [0.1, 0.15) is 30.9 Å². The Morgan fingerprint density at radius 3 is 2.85 bits per heavy atom. The van der Waals surface area contributed by atoms with Crippen molar-refractivity contribution < 1.29 is 4.74 Å². The summed E-state index contributed by atoms with van der Waals surface area (Å²) in [7, 11) is 2.08. The third kappa shape index (κ3) is 5.88. The largest absolute Gasteiger partial charge is 0.404 e. The highest BCUT2D eigenvalue weighted by molar-refractivity contribution is 6.10. The molecule has 9 heteroatoms. The molecule has 0 amide bonds. The zero-order valence-electron chi connectivity index (χ0n) is 19.3. The van der Waals surface area contributed by atoms with Crippen molar-refractivity contribution >= 4 is 34.5 Å². The van der Waals surface area contributed by atoms with Crippen molar-refractivity contribution in [3.8, 4) is 0 Å². The van der Waals surface area contributed by atoms with Crippen molar-refractivity contribution in [3.63, 3.8) is 0 Å². The third-order valence-electron chi connectivity index (χ3n) is 5.48. The van der Waals surface area contributed by atoms with Crippen LogP contribution in [0.15, 0.2) is 47.9 Å². The Labute approximate surface area is 193 Å². The van der Waals surface area contributed by atoms with Gasteiger partial charge in [-0.15, -0.1) is 5.10 Å². The number of likely N-dealkylation sites (tertiary alicyclic amines) is 1. The number of fused-ring (bicyclic) bond motifs is 1. The van der Waals surface area contributed by atoms with Gasteiger partial charge in [0.25, 0.3) is 0 Å². The Balaban J connectivity index is 1.43. The Morgan fingerprint density at radius 2 is 2.09 bits per heavy atom. The molecule has 0 unspecified atom stereocenters. The normalized spacial score (nSPS) is 15.5. The van der Waals surface area contributed by atoms with Crippen LogP contribution in [-0.4, -0.2) is 70.7 Å². The summed E-state index contributed by atoms with van der Waals surface area (Å²) in [6.07, 6.45) is 7.17. The molecule has 3 aromatic rings. The smallest absolute Gasteiger partial charge is 0.154 e. The Hall–Kier alpha value is -3.43. The highest BCUT2D eigenvalue weighted by atomic mass is 16.5. The number of nitrogens with zero attached hydrogens (tertiary/aromatic N) is 6. The predicted molar refractivity (Wildman–Crippen MR) is 132 cm³/mol. The van der Waals surface area contributed by atoms with Crippen molar-refractivity contribution in [2.24, 2.45) is 10.7 Å². The summed E-state index contributed by atoms with van der Waals surface area (Å²) in [5.41, 5.74) is 10.1. The molecule has 9 nitrogen and oxygen atoms in total. The number of nitrogens with two attached hydrogens (primary N) is 1. The van der Waals surface area contributed by atoms with Gasteiger partial charge in [-0.25, -0.2) is 4.98 Å². The van der Waals surface area contributed by atoms with Gasteiger partial charge in [-0.3, -0.25) is 9.98 Å². The van der Waals surface area contributed by atoms with Gasteiger partial charge in [0.2, 0.25) is 0 Å². The first-order valence-electron chi connectivity index (χ1n) is 11.1. The number of ether oxygens (including phenoxy) is 1. The molecule has 0 bridgehead atoms. The highest BCUT2D eigenvalue weighted by Gasteiger charge is 2.23. The standard InChI is InChI=1S/C24H30N8O/c1-16(2)17-9-24(31-28-13-17)30-23-5-4-21-22(29-23)8-18(12-27-21)19(10-25)11-26-6-7-33-20-14-32(3)15-20/h4-5,8-13,16,20H,6-7,14-15,25H2,1-3H3,(H,29,30,31). The molecule has 4 heterocycles. The number of aromatic nitrogens is 4. The lowest BCUT2D eigenvalue weighted by molar-refractivity contribution is -0.0397. The lowest BCUT2D eigenvalue weighted by atomic mass is 10.1. The van der Waals surface area contributed by atoms with E-state index in [1.165, 1.54) is 6.20 Å². The zero-order valence-corrected chi connectivity index (χ0v) is 19.3. The highest BCUT2D eigenvalue weighted by Crippen LogP contribution is 2.21. The average molecular weight is 447 g/mol. The van der Waals surface area contributed by atoms with Gasteiger partial charge in [-0.05, 0) is 42.8 Å². The minimum atomic E-state index is 0.326. The number of aliphatic imine (C=N–C) groups is 1. The first-order valence-corrected chi connectivity index (χ1v) is 11.1. The van der Waals surface area contributed by atoms with E-state index < -0.39 is 0 Å². The molecule has 33 heavy (non-hydrogen) atoms. The molecule has 0 aromatic carbocycles. The molecular weight excluding hydrogens is 416 g/mol. The number of hydrogen-bond donors (Lipinski definition) is 2. The Morgan fingerprint density at radius 1 is 1.24 bits per heavy atom. The quantitative estimate of drug-likeness (QED) is 0.381. The molecule has 0 spiro atoms. The fourth-order valence-electron chi connectivity index (χ4n) is 3.52. The van der Waals surface area contributed by atoms with Crippen LogP contribution in [0.4, 0.5) is 11.6 Å². The number of hydrogen-bond acceptors (Lipinski definition) is 9. The molecule has 1 fully saturated rings. The second-order valence-electron chi connectivity index (χ2n) is 8.48. The number of rotatable bonds is 9.